The first-order valence-corrected chi connectivity index (χ1v) is 4.18. The van der Waals surface area contributed by atoms with Crippen LogP contribution in [-0.2, 0) is 4.74 Å². The van der Waals surface area contributed by atoms with Gasteiger partial charge in [-0.15, -0.1) is 0 Å². The van der Waals surface area contributed by atoms with Crippen molar-refractivity contribution in [2.24, 2.45) is 5.92 Å². The molecule has 0 aromatic heterocycles. The van der Waals surface area contributed by atoms with Crippen LogP contribution in [0.1, 0.15) is 34.6 Å². The molecule has 0 saturated heterocycles. The van der Waals surface area contributed by atoms with E-state index in [-0.39, 0.29) is 6.10 Å². The molecule has 0 amide bonds. The third kappa shape index (κ3) is 5.22. The molecule has 0 aliphatic carbocycles. The molecule has 0 aromatic carbocycles. The molecule has 11 heavy (non-hydrogen) atoms. The van der Waals surface area contributed by atoms with E-state index in [1.54, 1.807) is 13.8 Å². The molecule has 0 radical (unpaired) electrons. The molecule has 0 spiro atoms. The molecule has 0 aliphatic heterocycles. The smallest absolute Gasteiger partial charge is 0.0849 e. The van der Waals surface area contributed by atoms with Gasteiger partial charge in [0, 0.05) is 6.61 Å². The lowest BCUT2D eigenvalue weighted by atomic mass is 10.0. The third-order valence-electron chi connectivity index (χ3n) is 1.67. The minimum Gasteiger partial charge on any atom is -0.388 e. The van der Waals surface area contributed by atoms with Gasteiger partial charge in [0.05, 0.1) is 11.7 Å². The molecule has 0 fully saturated rings. The second-order valence-corrected chi connectivity index (χ2v) is 4.02. The van der Waals surface area contributed by atoms with E-state index in [0.29, 0.717) is 12.5 Å². The Bertz CT molecular complexity index is 103. The topological polar surface area (TPSA) is 29.5 Å². The van der Waals surface area contributed by atoms with Crippen LogP contribution in [0.15, 0.2) is 0 Å². The van der Waals surface area contributed by atoms with Crippen LogP contribution in [0.5, 0.6) is 0 Å². The predicted octanol–water partition coefficient (Wildman–Crippen LogP) is 1.82. The molecule has 1 unspecified atom stereocenters. The predicted molar refractivity (Wildman–Crippen MR) is 46.5 cm³/mol. The lowest BCUT2D eigenvalue weighted by Crippen LogP contribution is -2.36. The fourth-order valence-electron chi connectivity index (χ4n) is 0.541. The van der Waals surface area contributed by atoms with Crippen LogP contribution in [0, 0.1) is 5.92 Å². The van der Waals surface area contributed by atoms with E-state index in [4.69, 9.17) is 4.74 Å². The highest BCUT2D eigenvalue weighted by molar-refractivity contribution is 4.73. The largest absolute Gasteiger partial charge is 0.388 e. The average molecular weight is 160 g/mol. The Morgan fingerprint density at radius 3 is 2.00 bits per heavy atom. The van der Waals surface area contributed by atoms with E-state index in [0.717, 1.165) is 0 Å². The van der Waals surface area contributed by atoms with E-state index in [2.05, 4.69) is 13.8 Å². The summed E-state index contributed by atoms with van der Waals surface area (Å²) in [7, 11) is 0. The molecule has 0 heterocycles. The van der Waals surface area contributed by atoms with Crippen molar-refractivity contribution >= 4 is 0 Å². The van der Waals surface area contributed by atoms with E-state index in [9.17, 15) is 5.11 Å². The quantitative estimate of drug-likeness (QED) is 0.679. The molecule has 0 aliphatic rings. The minimum atomic E-state index is -0.727. The van der Waals surface area contributed by atoms with Crippen molar-refractivity contribution in [3.05, 3.63) is 0 Å². The van der Waals surface area contributed by atoms with Crippen LogP contribution in [-0.4, -0.2) is 23.4 Å². The Morgan fingerprint density at radius 2 is 1.73 bits per heavy atom. The van der Waals surface area contributed by atoms with Gasteiger partial charge in [-0.25, -0.2) is 0 Å². The van der Waals surface area contributed by atoms with Gasteiger partial charge in [0.2, 0.25) is 0 Å². The highest BCUT2D eigenvalue weighted by Crippen LogP contribution is 2.12. The fraction of sp³-hybridized carbons (Fsp3) is 1.00. The summed E-state index contributed by atoms with van der Waals surface area (Å²) in [5.74, 6) is 0.528. The highest BCUT2D eigenvalue weighted by Gasteiger charge is 2.22. The van der Waals surface area contributed by atoms with Gasteiger partial charge in [-0.3, -0.25) is 0 Å². The standard InChI is InChI=1S/C9H20O2/c1-7(2)6-11-8(3)9(4,5)10/h7-8,10H,6H2,1-5H3. The van der Waals surface area contributed by atoms with Crippen molar-refractivity contribution in [3.63, 3.8) is 0 Å². The third-order valence-corrected chi connectivity index (χ3v) is 1.67. The Balaban J connectivity index is 3.61. The van der Waals surface area contributed by atoms with Gasteiger partial charge in [0.25, 0.3) is 0 Å². The highest BCUT2D eigenvalue weighted by atomic mass is 16.5. The molecule has 2 nitrogen and oxygen atoms in total. The van der Waals surface area contributed by atoms with Crippen LogP contribution >= 0.6 is 0 Å². The second kappa shape index (κ2) is 4.07. The first kappa shape index (κ1) is 10.9. The monoisotopic (exact) mass is 160 g/mol. The lowest BCUT2D eigenvalue weighted by molar-refractivity contribution is -0.0846. The van der Waals surface area contributed by atoms with Crippen molar-refractivity contribution in [3.8, 4) is 0 Å². The van der Waals surface area contributed by atoms with Gasteiger partial charge in [0.15, 0.2) is 0 Å². The molecule has 0 saturated carbocycles. The summed E-state index contributed by atoms with van der Waals surface area (Å²) in [4.78, 5) is 0. The second-order valence-electron chi connectivity index (χ2n) is 4.02. The van der Waals surface area contributed by atoms with E-state index >= 15 is 0 Å². The normalized spacial score (nSPS) is 15.5. The maximum atomic E-state index is 9.47. The van der Waals surface area contributed by atoms with Gasteiger partial charge in [-0.2, -0.15) is 0 Å². The number of ether oxygens (including phenoxy) is 1. The summed E-state index contributed by atoms with van der Waals surface area (Å²) >= 11 is 0. The molecule has 0 aromatic rings. The van der Waals surface area contributed by atoms with Crippen LogP contribution in [0.4, 0.5) is 0 Å². The van der Waals surface area contributed by atoms with Crippen molar-refractivity contribution in [2.75, 3.05) is 6.61 Å². The number of aliphatic hydroxyl groups is 1. The van der Waals surface area contributed by atoms with Crippen molar-refractivity contribution < 1.29 is 9.84 Å². The molecule has 1 atom stereocenters. The molecular weight excluding hydrogens is 140 g/mol. The van der Waals surface area contributed by atoms with Gasteiger partial charge >= 0.3 is 0 Å². The van der Waals surface area contributed by atoms with Crippen molar-refractivity contribution in [2.45, 2.75) is 46.3 Å². The minimum absolute atomic E-state index is 0.0927. The van der Waals surface area contributed by atoms with Gasteiger partial charge < -0.3 is 9.84 Å². The molecule has 2 heteroatoms. The van der Waals surface area contributed by atoms with Crippen LogP contribution < -0.4 is 0 Å². The summed E-state index contributed by atoms with van der Waals surface area (Å²) in [5.41, 5.74) is -0.727. The summed E-state index contributed by atoms with van der Waals surface area (Å²) < 4.78 is 5.42. The lowest BCUT2D eigenvalue weighted by Gasteiger charge is -2.26. The Kier molecular flexibility index (Phi) is 4.04. The molecule has 0 rings (SSSR count). The molecule has 68 valence electrons. The Labute approximate surface area is 69.6 Å². The van der Waals surface area contributed by atoms with E-state index in [1.165, 1.54) is 0 Å². The van der Waals surface area contributed by atoms with Crippen molar-refractivity contribution in [1.82, 2.24) is 0 Å². The number of rotatable bonds is 4. The average Bonchev–Trinajstić information content (AvgIpc) is 1.80. The Morgan fingerprint density at radius 1 is 1.27 bits per heavy atom. The molecule has 0 bridgehead atoms. The van der Waals surface area contributed by atoms with Crippen LogP contribution in [0.25, 0.3) is 0 Å². The zero-order chi connectivity index (χ0) is 9.07. The first-order valence-electron chi connectivity index (χ1n) is 4.18. The first-order chi connectivity index (χ1) is 4.84. The number of hydrogen-bond acceptors (Lipinski definition) is 2. The SMILES string of the molecule is CC(C)COC(C)C(C)(C)O. The van der Waals surface area contributed by atoms with Crippen LogP contribution in [0.2, 0.25) is 0 Å². The van der Waals surface area contributed by atoms with Gasteiger partial charge in [0.1, 0.15) is 0 Å². The molecule has 1 N–H and O–H groups in total. The maximum absolute atomic E-state index is 9.47. The molecular formula is C9H20O2. The summed E-state index contributed by atoms with van der Waals surface area (Å²) in [6, 6.07) is 0. The Hall–Kier alpha value is -0.0800. The summed E-state index contributed by atoms with van der Waals surface area (Å²) in [6.45, 7) is 10.3. The fourth-order valence-corrected chi connectivity index (χ4v) is 0.541. The van der Waals surface area contributed by atoms with E-state index < -0.39 is 5.60 Å². The zero-order valence-electron chi connectivity index (χ0n) is 8.22. The van der Waals surface area contributed by atoms with Crippen molar-refractivity contribution in [1.29, 1.82) is 0 Å². The van der Waals surface area contributed by atoms with Gasteiger partial charge in [-0.05, 0) is 26.7 Å². The van der Waals surface area contributed by atoms with E-state index in [1.807, 2.05) is 6.92 Å². The summed E-state index contributed by atoms with van der Waals surface area (Å²) in [5, 5.41) is 9.47. The van der Waals surface area contributed by atoms with Gasteiger partial charge in [-0.1, -0.05) is 13.8 Å². The number of hydrogen-bond donors (Lipinski definition) is 1. The summed E-state index contributed by atoms with van der Waals surface area (Å²) in [6.07, 6.45) is -0.0927. The zero-order valence-corrected chi connectivity index (χ0v) is 8.22. The van der Waals surface area contributed by atoms with Crippen LogP contribution in [0.3, 0.4) is 0 Å². The maximum Gasteiger partial charge on any atom is 0.0849 e.